The summed E-state index contributed by atoms with van der Waals surface area (Å²) >= 11 is 0. The molecule has 5 rings (SSSR count). The highest BCUT2D eigenvalue weighted by atomic mass is 16.3. The van der Waals surface area contributed by atoms with E-state index in [0.29, 0.717) is 25.3 Å². The predicted molar refractivity (Wildman–Crippen MR) is 107 cm³/mol. The van der Waals surface area contributed by atoms with Gasteiger partial charge in [-0.1, -0.05) is 13.8 Å². The number of aliphatic hydroxyl groups excluding tert-OH is 1. The van der Waals surface area contributed by atoms with Crippen molar-refractivity contribution in [1.29, 1.82) is 0 Å². The molecule has 3 aliphatic rings. The molecule has 1 unspecified atom stereocenters. The van der Waals surface area contributed by atoms with Gasteiger partial charge in [-0.3, -0.25) is 4.79 Å². The second kappa shape index (κ2) is 6.34. The molecule has 0 bridgehead atoms. The largest absolute Gasteiger partial charge is 0.393 e. The fourth-order valence-electron chi connectivity index (χ4n) is 5.20. The van der Waals surface area contributed by atoms with Crippen molar-refractivity contribution in [1.82, 2.24) is 14.5 Å². The lowest BCUT2D eigenvalue weighted by atomic mass is 9.81. The summed E-state index contributed by atoms with van der Waals surface area (Å²) in [6.07, 6.45) is 5.78. The first-order chi connectivity index (χ1) is 13.5. The van der Waals surface area contributed by atoms with E-state index in [4.69, 9.17) is 0 Å². The van der Waals surface area contributed by atoms with Crippen LogP contribution >= 0.6 is 0 Å². The summed E-state index contributed by atoms with van der Waals surface area (Å²) in [4.78, 5) is 22.2. The number of carbonyl (C=O) groups excluding carboxylic acids is 1. The van der Waals surface area contributed by atoms with Crippen LogP contribution in [0.2, 0.25) is 0 Å². The molecule has 2 aliphatic heterocycles. The Balaban J connectivity index is 1.55. The van der Waals surface area contributed by atoms with Gasteiger partial charge in [-0.2, -0.15) is 0 Å². The average Bonchev–Trinajstić information content (AvgIpc) is 3.30. The monoisotopic (exact) mass is 380 g/mol. The summed E-state index contributed by atoms with van der Waals surface area (Å²) in [6, 6.07) is 8.43. The summed E-state index contributed by atoms with van der Waals surface area (Å²) in [7, 11) is 0. The molecule has 1 atom stereocenters. The van der Waals surface area contributed by atoms with E-state index >= 15 is 0 Å². The second-order valence-electron chi connectivity index (χ2n) is 8.98. The Bertz CT molecular complexity index is 901. The van der Waals surface area contributed by atoms with Gasteiger partial charge in [0.25, 0.3) is 0 Å². The lowest BCUT2D eigenvalue weighted by Gasteiger charge is -2.48. The lowest BCUT2D eigenvalue weighted by molar-refractivity contribution is -0.141. The zero-order chi connectivity index (χ0) is 19.5. The molecule has 2 aromatic heterocycles. The fourth-order valence-corrected chi connectivity index (χ4v) is 5.20. The maximum absolute atomic E-state index is 13.0. The molecule has 1 amide bonds. The highest BCUT2D eigenvalue weighted by Crippen LogP contribution is 2.47. The number of aliphatic hydroxyl groups is 1. The van der Waals surface area contributed by atoms with Gasteiger partial charge in [-0.25, -0.2) is 4.98 Å². The Morgan fingerprint density at radius 2 is 2.14 bits per heavy atom. The van der Waals surface area contributed by atoms with E-state index in [1.54, 1.807) is 0 Å². The van der Waals surface area contributed by atoms with E-state index in [2.05, 4.69) is 52.7 Å². The van der Waals surface area contributed by atoms with Gasteiger partial charge in [0.2, 0.25) is 5.91 Å². The van der Waals surface area contributed by atoms with E-state index in [-0.39, 0.29) is 23.5 Å². The van der Waals surface area contributed by atoms with Gasteiger partial charge in [0.15, 0.2) is 5.82 Å². The maximum Gasteiger partial charge on any atom is 0.225 e. The summed E-state index contributed by atoms with van der Waals surface area (Å²) in [6.45, 7) is 6.87. The van der Waals surface area contributed by atoms with E-state index in [9.17, 15) is 9.90 Å². The van der Waals surface area contributed by atoms with Crippen molar-refractivity contribution in [3.8, 4) is 5.82 Å². The molecule has 1 saturated heterocycles. The molecule has 1 N–H and O–H groups in total. The first-order valence-corrected chi connectivity index (χ1v) is 10.4. The second-order valence-corrected chi connectivity index (χ2v) is 8.98. The summed E-state index contributed by atoms with van der Waals surface area (Å²) in [5, 5.41) is 9.62. The van der Waals surface area contributed by atoms with Crippen LogP contribution in [0, 0.1) is 11.8 Å². The molecular weight excluding hydrogens is 352 g/mol. The van der Waals surface area contributed by atoms with Crippen LogP contribution in [-0.4, -0.2) is 51.2 Å². The Hall–Kier alpha value is -2.34. The van der Waals surface area contributed by atoms with Crippen LogP contribution in [0.1, 0.15) is 38.8 Å². The van der Waals surface area contributed by atoms with E-state index in [1.165, 1.54) is 5.69 Å². The number of hydrogen-bond acceptors (Lipinski definition) is 4. The summed E-state index contributed by atoms with van der Waals surface area (Å²) in [5.74, 6) is 1.67. The molecule has 0 aromatic carbocycles. The molecule has 2 aromatic rings. The van der Waals surface area contributed by atoms with Crippen LogP contribution in [0.25, 0.3) is 5.82 Å². The number of rotatable bonds is 3. The molecule has 2 fully saturated rings. The number of amides is 1. The SMILES string of the molecule is CC(C)CN1c2cccnc2-n2cccc2C12CCN(C(=O)C1CC(O)C1)C2. The number of anilines is 1. The molecule has 1 aliphatic carbocycles. The minimum Gasteiger partial charge on any atom is -0.393 e. The van der Waals surface area contributed by atoms with E-state index in [1.807, 2.05) is 17.2 Å². The molecule has 6 nitrogen and oxygen atoms in total. The van der Waals surface area contributed by atoms with Gasteiger partial charge in [0, 0.05) is 37.9 Å². The molecule has 1 spiro atoms. The smallest absolute Gasteiger partial charge is 0.225 e. The third kappa shape index (κ3) is 2.50. The van der Waals surface area contributed by atoms with E-state index in [0.717, 1.165) is 31.0 Å². The van der Waals surface area contributed by atoms with Gasteiger partial charge in [0.05, 0.1) is 17.5 Å². The maximum atomic E-state index is 13.0. The van der Waals surface area contributed by atoms with Crippen molar-refractivity contribution in [2.45, 2.75) is 44.8 Å². The number of pyridine rings is 1. The number of fused-ring (bicyclic) bond motifs is 4. The molecule has 28 heavy (non-hydrogen) atoms. The number of hydrogen-bond donors (Lipinski definition) is 1. The number of likely N-dealkylation sites (tertiary alicyclic amines) is 1. The predicted octanol–water partition coefficient (Wildman–Crippen LogP) is 2.55. The molecule has 1 saturated carbocycles. The van der Waals surface area contributed by atoms with Crippen LogP contribution in [0.4, 0.5) is 5.69 Å². The number of aromatic nitrogens is 2. The first kappa shape index (κ1) is 17.7. The molecule has 0 radical (unpaired) electrons. The van der Waals surface area contributed by atoms with Crippen molar-refractivity contribution in [2.24, 2.45) is 11.8 Å². The van der Waals surface area contributed by atoms with Crippen molar-refractivity contribution < 1.29 is 9.90 Å². The topological polar surface area (TPSA) is 61.6 Å². The van der Waals surface area contributed by atoms with Crippen LogP contribution in [0.15, 0.2) is 36.7 Å². The van der Waals surface area contributed by atoms with Crippen LogP contribution in [0.3, 0.4) is 0 Å². The molecular formula is C22H28N4O2. The normalized spacial score (nSPS) is 28.4. The average molecular weight is 380 g/mol. The molecule has 6 heteroatoms. The van der Waals surface area contributed by atoms with Gasteiger partial charge < -0.3 is 19.5 Å². The number of nitrogens with zero attached hydrogens (tertiary/aromatic N) is 4. The fraction of sp³-hybridized carbons (Fsp3) is 0.545. The Morgan fingerprint density at radius 1 is 1.32 bits per heavy atom. The van der Waals surface area contributed by atoms with Crippen LogP contribution in [0.5, 0.6) is 0 Å². The Kier molecular flexibility index (Phi) is 4.02. The third-order valence-corrected chi connectivity index (χ3v) is 6.60. The zero-order valence-electron chi connectivity index (χ0n) is 16.6. The number of carbonyl (C=O) groups is 1. The van der Waals surface area contributed by atoms with Gasteiger partial charge >= 0.3 is 0 Å². The summed E-state index contributed by atoms with van der Waals surface area (Å²) < 4.78 is 2.20. The Labute approximate surface area is 165 Å². The summed E-state index contributed by atoms with van der Waals surface area (Å²) in [5.41, 5.74) is 2.15. The van der Waals surface area contributed by atoms with Crippen molar-refractivity contribution in [2.75, 3.05) is 24.5 Å². The molecule has 148 valence electrons. The van der Waals surface area contributed by atoms with Gasteiger partial charge in [-0.05, 0) is 49.4 Å². The van der Waals surface area contributed by atoms with Gasteiger partial charge in [0.1, 0.15) is 5.54 Å². The zero-order valence-corrected chi connectivity index (χ0v) is 16.6. The lowest BCUT2D eigenvalue weighted by Crippen LogP contribution is -2.54. The highest BCUT2D eigenvalue weighted by Gasteiger charge is 2.52. The van der Waals surface area contributed by atoms with E-state index < -0.39 is 0 Å². The molecule has 4 heterocycles. The standard InChI is InChI=1S/C22H28N4O2/c1-15(2)13-26-18-5-3-8-23-20(18)25-9-4-6-19(25)22(26)7-10-24(14-22)21(28)16-11-17(27)12-16/h3-6,8-9,15-17,27H,7,10-14H2,1-2H3. The Morgan fingerprint density at radius 3 is 2.89 bits per heavy atom. The van der Waals surface area contributed by atoms with Crippen LogP contribution < -0.4 is 4.90 Å². The van der Waals surface area contributed by atoms with Crippen molar-refractivity contribution >= 4 is 11.6 Å². The van der Waals surface area contributed by atoms with Crippen molar-refractivity contribution in [3.05, 3.63) is 42.4 Å². The van der Waals surface area contributed by atoms with Crippen LogP contribution in [-0.2, 0) is 10.3 Å². The van der Waals surface area contributed by atoms with Gasteiger partial charge in [-0.15, -0.1) is 0 Å². The quantitative estimate of drug-likeness (QED) is 0.889. The first-order valence-electron chi connectivity index (χ1n) is 10.4. The third-order valence-electron chi connectivity index (χ3n) is 6.60. The minimum atomic E-state index is -0.298. The highest BCUT2D eigenvalue weighted by molar-refractivity contribution is 5.81. The minimum absolute atomic E-state index is 0.00646. The van der Waals surface area contributed by atoms with Crippen molar-refractivity contribution in [3.63, 3.8) is 0 Å².